The standard InChI is InChI=1S/C15H19ClF2/c1-2-10-3-4-15(16)12(5-10)6-11-7-13(17)9-14(18)8-11/h7-10,12,15H,2-6H2,1H3. The van der Waals surface area contributed by atoms with Gasteiger partial charge in [-0.05, 0) is 55.2 Å². The highest BCUT2D eigenvalue weighted by atomic mass is 35.5. The van der Waals surface area contributed by atoms with Crippen LogP contribution in [0.3, 0.4) is 0 Å². The first kappa shape index (κ1) is 13.8. The molecule has 0 heterocycles. The minimum absolute atomic E-state index is 0.138. The molecule has 2 rings (SSSR count). The molecule has 3 unspecified atom stereocenters. The number of benzene rings is 1. The quantitative estimate of drug-likeness (QED) is 0.684. The zero-order chi connectivity index (χ0) is 13.1. The summed E-state index contributed by atoms with van der Waals surface area (Å²) >= 11 is 6.35. The van der Waals surface area contributed by atoms with Crippen LogP contribution < -0.4 is 0 Å². The molecule has 0 radical (unpaired) electrons. The predicted molar refractivity (Wildman–Crippen MR) is 70.8 cm³/mol. The van der Waals surface area contributed by atoms with E-state index in [1.807, 2.05) is 0 Å². The minimum Gasteiger partial charge on any atom is -0.207 e. The molecular formula is C15H19ClF2. The second kappa shape index (κ2) is 6.01. The molecule has 0 aliphatic heterocycles. The number of rotatable bonds is 3. The van der Waals surface area contributed by atoms with E-state index in [9.17, 15) is 8.78 Å². The summed E-state index contributed by atoms with van der Waals surface area (Å²) in [6.07, 6.45) is 5.11. The van der Waals surface area contributed by atoms with Crippen molar-refractivity contribution < 1.29 is 8.78 Å². The third kappa shape index (κ3) is 3.44. The highest BCUT2D eigenvalue weighted by molar-refractivity contribution is 6.20. The maximum absolute atomic E-state index is 13.1. The Hall–Kier alpha value is -0.630. The molecule has 0 nitrogen and oxygen atoms in total. The SMILES string of the molecule is CCC1CCC(Cl)C(Cc2cc(F)cc(F)c2)C1. The van der Waals surface area contributed by atoms with Crippen LogP contribution in [0.2, 0.25) is 0 Å². The van der Waals surface area contributed by atoms with Gasteiger partial charge in [0.1, 0.15) is 11.6 Å². The molecule has 1 aromatic carbocycles. The molecule has 1 aliphatic rings. The van der Waals surface area contributed by atoms with Gasteiger partial charge in [-0.3, -0.25) is 0 Å². The zero-order valence-electron chi connectivity index (χ0n) is 10.6. The van der Waals surface area contributed by atoms with Crippen LogP contribution in [0.5, 0.6) is 0 Å². The van der Waals surface area contributed by atoms with Crippen molar-refractivity contribution in [2.45, 2.75) is 44.4 Å². The molecule has 0 spiro atoms. The van der Waals surface area contributed by atoms with Crippen LogP contribution in [0.4, 0.5) is 8.78 Å². The van der Waals surface area contributed by atoms with Crippen molar-refractivity contribution in [3.63, 3.8) is 0 Å². The second-order valence-corrected chi connectivity index (χ2v) is 5.91. The van der Waals surface area contributed by atoms with Crippen LogP contribution in [-0.4, -0.2) is 5.38 Å². The van der Waals surface area contributed by atoms with Gasteiger partial charge in [0, 0.05) is 11.4 Å². The Morgan fingerprint density at radius 1 is 1.17 bits per heavy atom. The average molecular weight is 273 g/mol. The molecular weight excluding hydrogens is 254 g/mol. The normalized spacial score (nSPS) is 28.3. The van der Waals surface area contributed by atoms with E-state index in [0.717, 1.165) is 30.9 Å². The molecule has 0 N–H and O–H groups in total. The molecule has 0 amide bonds. The predicted octanol–water partition coefficient (Wildman–Crippen LogP) is 4.94. The Kier molecular flexibility index (Phi) is 4.60. The van der Waals surface area contributed by atoms with Crippen molar-refractivity contribution in [3.05, 3.63) is 35.4 Å². The lowest BCUT2D eigenvalue weighted by Gasteiger charge is -2.32. The molecule has 1 saturated carbocycles. The molecule has 0 saturated heterocycles. The van der Waals surface area contributed by atoms with E-state index >= 15 is 0 Å². The molecule has 100 valence electrons. The number of halogens is 3. The molecule has 1 aromatic rings. The molecule has 3 atom stereocenters. The van der Waals surface area contributed by atoms with Crippen molar-refractivity contribution in [2.75, 3.05) is 0 Å². The van der Waals surface area contributed by atoms with Gasteiger partial charge in [0.25, 0.3) is 0 Å². The highest BCUT2D eigenvalue weighted by Crippen LogP contribution is 2.36. The van der Waals surface area contributed by atoms with Gasteiger partial charge in [0.15, 0.2) is 0 Å². The summed E-state index contributed by atoms with van der Waals surface area (Å²) in [5.74, 6) is 0.0490. The summed E-state index contributed by atoms with van der Waals surface area (Å²) in [6.45, 7) is 2.19. The Balaban J connectivity index is 2.06. The van der Waals surface area contributed by atoms with Crippen LogP contribution in [-0.2, 0) is 6.42 Å². The van der Waals surface area contributed by atoms with E-state index in [-0.39, 0.29) is 5.38 Å². The third-order valence-electron chi connectivity index (χ3n) is 4.00. The largest absolute Gasteiger partial charge is 0.207 e. The summed E-state index contributed by atoms with van der Waals surface area (Å²) in [4.78, 5) is 0. The Bertz CT molecular complexity index is 385. The Morgan fingerprint density at radius 3 is 2.44 bits per heavy atom. The van der Waals surface area contributed by atoms with Gasteiger partial charge in [0.2, 0.25) is 0 Å². The second-order valence-electron chi connectivity index (χ2n) is 5.35. The first-order chi connectivity index (χ1) is 8.58. The van der Waals surface area contributed by atoms with Gasteiger partial charge in [-0.15, -0.1) is 11.6 Å². The van der Waals surface area contributed by atoms with Gasteiger partial charge in [-0.25, -0.2) is 8.78 Å². The third-order valence-corrected chi connectivity index (χ3v) is 4.57. The van der Waals surface area contributed by atoms with Gasteiger partial charge < -0.3 is 0 Å². The molecule has 3 heteroatoms. The summed E-state index contributed by atoms with van der Waals surface area (Å²) in [6, 6.07) is 3.75. The van der Waals surface area contributed by atoms with Crippen molar-refractivity contribution in [1.29, 1.82) is 0 Å². The van der Waals surface area contributed by atoms with Gasteiger partial charge in [0.05, 0.1) is 0 Å². The molecule has 0 aromatic heterocycles. The van der Waals surface area contributed by atoms with E-state index in [4.69, 9.17) is 11.6 Å². The topological polar surface area (TPSA) is 0 Å². The van der Waals surface area contributed by atoms with E-state index in [1.54, 1.807) is 0 Å². The smallest absolute Gasteiger partial charge is 0.126 e. The van der Waals surface area contributed by atoms with E-state index in [0.29, 0.717) is 18.3 Å². The van der Waals surface area contributed by atoms with E-state index in [1.165, 1.54) is 18.6 Å². The lowest BCUT2D eigenvalue weighted by Crippen LogP contribution is -2.27. The monoisotopic (exact) mass is 272 g/mol. The fourth-order valence-electron chi connectivity index (χ4n) is 2.94. The number of hydrogen-bond donors (Lipinski definition) is 0. The summed E-state index contributed by atoms with van der Waals surface area (Å²) in [5, 5.41) is 0.138. The van der Waals surface area contributed by atoms with E-state index in [2.05, 4.69) is 6.92 Å². The maximum atomic E-state index is 13.1. The van der Waals surface area contributed by atoms with Crippen molar-refractivity contribution >= 4 is 11.6 Å². The zero-order valence-corrected chi connectivity index (χ0v) is 11.4. The fraction of sp³-hybridized carbons (Fsp3) is 0.600. The van der Waals surface area contributed by atoms with Gasteiger partial charge >= 0.3 is 0 Å². The first-order valence-electron chi connectivity index (χ1n) is 6.67. The molecule has 18 heavy (non-hydrogen) atoms. The Morgan fingerprint density at radius 2 is 1.83 bits per heavy atom. The summed E-state index contributed by atoms with van der Waals surface area (Å²) in [5.41, 5.74) is 0.722. The first-order valence-corrected chi connectivity index (χ1v) is 7.11. The van der Waals surface area contributed by atoms with Gasteiger partial charge in [-0.1, -0.05) is 13.3 Å². The van der Waals surface area contributed by atoms with Crippen molar-refractivity contribution in [1.82, 2.24) is 0 Å². The molecule has 0 bridgehead atoms. The van der Waals surface area contributed by atoms with Crippen LogP contribution >= 0.6 is 11.6 Å². The number of hydrogen-bond acceptors (Lipinski definition) is 0. The highest BCUT2D eigenvalue weighted by Gasteiger charge is 2.28. The Labute approximate surface area is 112 Å². The molecule has 1 fully saturated rings. The lowest BCUT2D eigenvalue weighted by atomic mass is 9.77. The molecule has 1 aliphatic carbocycles. The van der Waals surface area contributed by atoms with Crippen LogP contribution in [0.1, 0.15) is 38.2 Å². The van der Waals surface area contributed by atoms with E-state index < -0.39 is 11.6 Å². The minimum atomic E-state index is -0.501. The maximum Gasteiger partial charge on any atom is 0.126 e. The average Bonchev–Trinajstić information content (AvgIpc) is 2.30. The lowest BCUT2D eigenvalue weighted by molar-refractivity contribution is 0.264. The number of alkyl halides is 1. The summed E-state index contributed by atoms with van der Waals surface area (Å²) < 4.78 is 26.3. The fourth-order valence-corrected chi connectivity index (χ4v) is 3.26. The van der Waals surface area contributed by atoms with Crippen molar-refractivity contribution in [3.8, 4) is 0 Å². The van der Waals surface area contributed by atoms with Crippen molar-refractivity contribution in [2.24, 2.45) is 11.8 Å². The van der Waals surface area contributed by atoms with Crippen LogP contribution in [0, 0.1) is 23.5 Å². The van der Waals surface area contributed by atoms with Gasteiger partial charge in [-0.2, -0.15) is 0 Å². The van der Waals surface area contributed by atoms with Crippen LogP contribution in [0.25, 0.3) is 0 Å². The summed E-state index contributed by atoms with van der Waals surface area (Å²) in [7, 11) is 0. The van der Waals surface area contributed by atoms with Crippen LogP contribution in [0.15, 0.2) is 18.2 Å².